The third kappa shape index (κ3) is 4.37. The van der Waals surface area contributed by atoms with Crippen LogP contribution in [-0.2, 0) is 0 Å². The van der Waals surface area contributed by atoms with E-state index in [1.54, 1.807) is 18.3 Å². The molecule has 0 atom stereocenters. The molecule has 90 valence electrons. The van der Waals surface area contributed by atoms with Crippen LogP contribution in [0.2, 0.25) is 0 Å². The van der Waals surface area contributed by atoms with E-state index in [9.17, 15) is 13.2 Å². The molecule has 1 N–H and O–H groups in total. The lowest BCUT2D eigenvalue weighted by Crippen LogP contribution is -2.11. The predicted molar refractivity (Wildman–Crippen MR) is 54.6 cm³/mol. The highest BCUT2D eigenvalue weighted by molar-refractivity contribution is 5.49. The zero-order chi connectivity index (χ0) is 12.0. The number of rotatable bonds is 5. The van der Waals surface area contributed by atoms with Crippen molar-refractivity contribution in [1.82, 2.24) is 4.98 Å². The summed E-state index contributed by atoms with van der Waals surface area (Å²) in [5.41, 5.74) is 0. The summed E-state index contributed by atoms with van der Waals surface area (Å²) < 4.78 is 40.6. The van der Waals surface area contributed by atoms with Gasteiger partial charge in [-0.1, -0.05) is 0 Å². The Labute approximate surface area is 91.6 Å². The van der Waals surface area contributed by atoms with E-state index in [2.05, 4.69) is 10.3 Å². The van der Waals surface area contributed by atoms with Crippen molar-refractivity contribution < 1.29 is 17.9 Å². The van der Waals surface area contributed by atoms with Crippen LogP contribution in [0.5, 0.6) is 5.75 Å². The van der Waals surface area contributed by atoms with Crippen molar-refractivity contribution >= 4 is 5.82 Å². The highest BCUT2D eigenvalue weighted by atomic mass is 19.4. The maximum Gasteiger partial charge on any atom is 0.389 e. The average Bonchev–Trinajstić information content (AvgIpc) is 2.23. The summed E-state index contributed by atoms with van der Waals surface area (Å²) in [6.07, 6.45) is -3.33. The second kappa shape index (κ2) is 5.58. The highest BCUT2D eigenvalue weighted by Crippen LogP contribution is 2.23. The van der Waals surface area contributed by atoms with E-state index < -0.39 is 12.6 Å². The Bertz CT molecular complexity index is 328. The number of alkyl halides is 3. The molecule has 0 bridgehead atoms. The third-order valence-corrected chi connectivity index (χ3v) is 1.92. The van der Waals surface area contributed by atoms with Gasteiger partial charge in [0.1, 0.15) is 0 Å². The fourth-order valence-electron chi connectivity index (χ4n) is 1.18. The summed E-state index contributed by atoms with van der Waals surface area (Å²) in [4.78, 5) is 3.97. The van der Waals surface area contributed by atoms with Gasteiger partial charge in [-0.15, -0.1) is 0 Å². The van der Waals surface area contributed by atoms with E-state index >= 15 is 0 Å². The molecule has 0 aliphatic carbocycles. The standard InChI is InChI=1S/C10H13F3N2O/c1-16-8-4-2-6-14-9(8)15-7-3-5-10(11,12)13/h2,4,6H,3,5,7H2,1H3,(H,14,15). The fraction of sp³-hybridized carbons (Fsp3) is 0.500. The van der Waals surface area contributed by atoms with Crippen molar-refractivity contribution in [2.45, 2.75) is 19.0 Å². The average molecular weight is 234 g/mol. The number of hydrogen-bond acceptors (Lipinski definition) is 3. The third-order valence-electron chi connectivity index (χ3n) is 1.92. The first-order valence-electron chi connectivity index (χ1n) is 4.82. The van der Waals surface area contributed by atoms with Gasteiger partial charge in [-0.05, 0) is 18.6 Å². The lowest BCUT2D eigenvalue weighted by atomic mass is 10.3. The predicted octanol–water partition coefficient (Wildman–Crippen LogP) is 2.84. The zero-order valence-electron chi connectivity index (χ0n) is 8.84. The van der Waals surface area contributed by atoms with Crippen molar-refractivity contribution in [3.05, 3.63) is 18.3 Å². The Hall–Kier alpha value is -1.46. The second-order valence-corrected chi connectivity index (χ2v) is 3.20. The molecule has 0 unspecified atom stereocenters. The summed E-state index contributed by atoms with van der Waals surface area (Å²) in [5.74, 6) is 0.988. The molecule has 0 fully saturated rings. The van der Waals surface area contributed by atoms with Gasteiger partial charge < -0.3 is 10.1 Å². The second-order valence-electron chi connectivity index (χ2n) is 3.20. The van der Waals surface area contributed by atoms with E-state index in [0.29, 0.717) is 11.6 Å². The molecular weight excluding hydrogens is 221 g/mol. The number of pyridine rings is 1. The summed E-state index contributed by atoms with van der Waals surface area (Å²) >= 11 is 0. The minimum absolute atomic E-state index is 0.0171. The minimum Gasteiger partial charge on any atom is -0.493 e. The van der Waals surface area contributed by atoms with Crippen LogP contribution in [0, 0.1) is 0 Å². The van der Waals surface area contributed by atoms with Gasteiger partial charge in [0.2, 0.25) is 0 Å². The first-order chi connectivity index (χ1) is 7.53. The first kappa shape index (κ1) is 12.6. The molecule has 0 spiro atoms. The molecule has 0 amide bonds. The quantitative estimate of drug-likeness (QED) is 0.795. The molecule has 0 aliphatic heterocycles. The lowest BCUT2D eigenvalue weighted by Gasteiger charge is -2.10. The number of halogens is 3. The molecule has 6 heteroatoms. The Morgan fingerprint density at radius 1 is 1.44 bits per heavy atom. The van der Waals surface area contributed by atoms with Crippen LogP contribution in [0.3, 0.4) is 0 Å². The smallest absolute Gasteiger partial charge is 0.389 e. The van der Waals surface area contributed by atoms with Gasteiger partial charge in [0.05, 0.1) is 7.11 Å². The van der Waals surface area contributed by atoms with Crippen LogP contribution in [0.1, 0.15) is 12.8 Å². The van der Waals surface area contributed by atoms with Crippen LogP contribution < -0.4 is 10.1 Å². The van der Waals surface area contributed by atoms with E-state index in [1.807, 2.05) is 0 Å². The molecule has 0 aliphatic rings. The number of anilines is 1. The Kier molecular flexibility index (Phi) is 4.39. The normalized spacial score (nSPS) is 11.2. The number of nitrogens with one attached hydrogen (secondary N) is 1. The molecule has 1 heterocycles. The Morgan fingerprint density at radius 2 is 2.19 bits per heavy atom. The van der Waals surface area contributed by atoms with Crippen molar-refractivity contribution in [3.63, 3.8) is 0 Å². The maximum atomic E-state index is 11.9. The molecule has 0 radical (unpaired) electrons. The van der Waals surface area contributed by atoms with Gasteiger partial charge in [0.25, 0.3) is 0 Å². The van der Waals surface area contributed by atoms with Crippen LogP contribution in [0.4, 0.5) is 19.0 Å². The molecule has 1 aromatic heterocycles. The van der Waals surface area contributed by atoms with Crippen molar-refractivity contribution in [3.8, 4) is 5.75 Å². The van der Waals surface area contributed by atoms with Gasteiger partial charge in [-0.3, -0.25) is 0 Å². The molecular formula is C10H13F3N2O. The van der Waals surface area contributed by atoms with Gasteiger partial charge in [0, 0.05) is 19.2 Å². The van der Waals surface area contributed by atoms with Crippen molar-refractivity contribution in [2.75, 3.05) is 19.0 Å². The monoisotopic (exact) mass is 234 g/mol. The van der Waals surface area contributed by atoms with Crippen LogP contribution in [0.15, 0.2) is 18.3 Å². The van der Waals surface area contributed by atoms with E-state index in [-0.39, 0.29) is 13.0 Å². The molecule has 3 nitrogen and oxygen atoms in total. The number of hydrogen-bond donors (Lipinski definition) is 1. The molecule has 1 aromatic rings. The number of nitrogens with zero attached hydrogens (tertiary/aromatic N) is 1. The van der Waals surface area contributed by atoms with E-state index in [1.165, 1.54) is 7.11 Å². The molecule has 0 saturated carbocycles. The minimum atomic E-state index is -4.10. The summed E-state index contributed by atoms with van der Waals surface area (Å²) in [7, 11) is 1.48. The topological polar surface area (TPSA) is 34.1 Å². The van der Waals surface area contributed by atoms with Gasteiger partial charge in [-0.25, -0.2) is 4.98 Å². The van der Waals surface area contributed by atoms with Crippen LogP contribution in [-0.4, -0.2) is 24.8 Å². The highest BCUT2D eigenvalue weighted by Gasteiger charge is 2.25. The number of aromatic nitrogens is 1. The zero-order valence-corrected chi connectivity index (χ0v) is 8.84. The van der Waals surface area contributed by atoms with Crippen molar-refractivity contribution in [1.29, 1.82) is 0 Å². The summed E-state index contributed by atoms with van der Waals surface area (Å²) in [6.45, 7) is 0.215. The lowest BCUT2D eigenvalue weighted by molar-refractivity contribution is -0.134. The molecule has 1 rings (SSSR count). The van der Waals surface area contributed by atoms with Gasteiger partial charge >= 0.3 is 6.18 Å². The molecule has 16 heavy (non-hydrogen) atoms. The first-order valence-corrected chi connectivity index (χ1v) is 4.82. The SMILES string of the molecule is COc1cccnc1NCCCC(F)(F)F. The van der Waals surface area contributed by atoms with Gasteiger partial charge in [0.15, 0.2) is 11.6 Å². The number of methoxy groups -OCH3 is 1. The summed E-state index contributed by atoms with van der Waals surface area (Å²) in [5, 5.41) is 2.80. The van der Waals surface area contributed by atoms with Crippen LogP contribution >= 0.6 is 0 Å². The van der Waals surface area contributed by atoms with Crippen LogP contribution in [0.25, 0.3) is 0 Å². The Morgan fingerprint density at radius 3 is 2.81 bits per heavy atom. The van der Waals surface area contributed by atoms with E-state index in [4.69, 9.17) is 4.74 Å². The molecule has 0 aromatic carbocycles. The Balaban J connectivity index is 2.37. The fourth-order valence-corrected chi connectivity index (χ4v) is 1.18. The van der Waals surface area contributed by atoms with Gasteiger partial charge in [-0.2, -0.15) is 13.2 Å². The van der Waals surface area contributed by atoms with E-state index in [0.717, 1.165) is 0 Å². The molecule has 0 saturated heterocycles. The largest absolute Gasteiger partial charge is 0.493 e. The van der Waals surface area contributed by atoms with Crippen molar-refractivity contribution in [2.24, 2.45) is 0 Å². The maximum absolute atomic E-state index is 11.9. The number of ether oxygens (including phenoxy) is 1. The summed E-state index contributed by atoms with van der Waals surface area (Å²) in [6, 6.07) is 3.39.